The number of rotatable bonds is 2. The van der Waals surface area contributed by atoms with Crippen LogP contribution in [0.1, 0.15) is 24.5 Å². The standard InChI is InChI=1S/C15H14O3/c1-3-4-11-14-10(5-6-17-14)8-12-9(2)7-13(16)18-15(11)12/h5-8H,3-4H2,1-2H3. The minimum absolute atomic E-state index is 0.303. The molecule has 18 heavy (non-hydrogen) atoms. The third kappa shape index (κ3) is 1.55. The lowest BCUT2D eigenvalue weighted by Crippen LogP contribution is -2.00. The summed E-state index contributed by atoms with van der Waals surface area (Å²) in [5, 5.41) is 2.05. The first-order valence-electron chi connectivity index (χ1n) is 6.14. The van der Waals surface area contributed by atoms with Crippen LogP contribution < -0.4 is 5.63 Å². The Bertz CT molecular complexity index is 777. The van der Waals surface area contributed by atoms with Gasteiger partial charge in [-0.1, -0.05) is 13.3 Å². The first-order valence-corrected chi connectivity index (χ1v) is 6.14. The van der Waals surface area contributed by atoms with Gasteiger partial charge in [-0.15, -0.1) is 0 Å². The van der Waals surface area contributed by atoms with Gasteiger partial charge in [-0.2, -0.15) is 0 Å². The highest BCUT2D eigenvalue weighted by molar-refractivity contribution is 5.98. The minimum atomic E-state index is -0.303. The molecule has 0 N–H and O–H groups in total. The first-order chi connectivity index (χ1) is 8.70. The zero-order valence-electron chi connectivity index (χ0n) is 10.4. The Labute approximate surface area is 104 Å². The molecule has 3 rings (SSSR count). The van der Waals surface area contributed by atoms with E-state index < -0.39 is 0 Å². The predicted molar refractivity (Wildman–Crippen MR) is 71.0 cm³/mol. The van der Waals surface area contributed by atoms with Gasteiger partial charge < -0.3 is 8.83 Å². The molecule has 0 bridgehead atoms. The highest BCUT2D eigenvalue weighted by atomic mass is 16.4. The molecule has 0 atom stereocenters. The van der Waals surface area contributed by atoms with Gasteiger partial charge in [0, 0.05) is 22.4 Å². The molecule has 1 aromatic carbocycles. The monoisotopic (exact) mass is 242 g/mol. The van der Waals surface area contributed by atoms with Crippen molar-refractivity contribution >= 4 is 21.9 Å². The van der Waals surface area contributed by atoms with Crippen LogP contribution in [0.15, 0.2) is 38.1 Å². The van der Waals surface area contributed by atoms with Crippen molar-refractivity contribution in [2.45, 2.75) is 26.7 Å². The van der Waals surface area contributed by atoms with E-state index in [1.165, 1.54) is 6.07 Å². The Morgan fingerprint density at radius 2 is 2.06 bits per heavy atom. The Kier molecular flexibility index (Phi) is 2.47. The molecule has 92 valence electrons. The zero-order chi connectivity index (χ0) is 12.7. The summed E-state index contributed by atoms with van der Waals surface area (Å²) in [6.45, 7) is 4.03. The summed E-state index contributed by atoms with van der Waals surface area (Å²) in [6.07, 6.45) is 3.50. The van der Waals surface area contributed by atoms with E-state index in [1.807, 2.05) is 19.1 Å². The molecule has 3 heteroatoms. The maximum absolute atomic E-state index is 11.5. The predicted octanol–water partition coefficient (Wildman–Crippen LogP) is 3.80. The summed E-state index contributed by atoms with van der Waals surface area (Å²) in [7, 11) is 0. The fourth-order valence-corrected chi connectivity index (χ4v) is 2.44. The summed E-state index contributed by atoms with van der Waals surface area (Å²) < 4.78 is 10.9. The second-order valence-corrected chi connectivity index (χ2v) is 4.57. The normalized spacial score (nSPS) is 11.4. The smallest absolute Gasteiger partial charge is 0.336 e. The van der Waals surface area contributed by atoms with E-state index in [2.05, 4.69) is 6.92 Å². The Hall–Kier alpha value is -2.03. The van der Waals surface area contributed by atoms with Crippen molar-refractivity contribution in [3.63, 3.8) is 0 Å². The van der Waals surface area contributed by atoms with Gasteiger partial charge in [0.05, 0.1) is 6.26 Å². The van der Waals surface area contributed by atoms with Crippen LogP contribution in [0, 0.1) is 6.92 Å². The van der Waals surface area contributed by atoms with Gasteiger partial charge in [0.25, 0.3) is 0 Å². The molecule has 0 radical (unpaired) electrons. The van der Waals surface area contributed by atoms with Crippen molar-refractivity contribution in [3.8, 4) is 0 Å². The van der Waals surface area contributed by atoms with Crippen LogP contribution in [-0.4, -0.2) is 0 Å². The topological polar surface area (TPSA) is 43.4 Å². The number of fused-ring (bicyclic) bond motifs is 2. The average molecular weight is 242 g/mol. The molecular weight excluding hydrogens is 228 g/mol. The van der Waals surface area contributed by atoms with Gasteiger partial charge in [0.15, 0.2) is 0 Å². The van der Waals surface area contributed by atoms with Gasteiger partial charge in [-0.05, 0) is 31.0 Å². The highest BCUT2D eigenvalue weighted by Crippen LogP contribution is 2.30. The molecule has 3 nitrogen and oxygen atoms in total. The molecule has 0 saturated heterocycles. The molecule has 0 unspecified atom stereocenters. The lowest BCUT2D eigenvalue weighted by molar-refractivity contribution is 0.552. The van der Waals surface area contributed by atoms with Crippen LogP contribution in [0.2, 0.25) is 0 Å². The van der Waals surface area contributed by atoms with E-state index in [-0.39, 0.29) is 5.63 Å². The summed E-state index contributed by atoms with van der Waals surface area (Å²) in [6, 6.07) is 5.49. The Morgan fingerprint density at radius 1 is 1.22 bits per heavy atom. The summed E-state index contributed by atoms with van der Waals surface area (Å²) in [5.41, 5.74) is 3.14. The van der Waals surface area contributed by atoms with Gasteiger partial charge in [-0.3, -0.25) is 0 Å². The summed E-state index contributed by atoms with van der Waals surface area (Å²) in [5.74, 6) is 0. The molecule has 0 spiro atoms. The summed E-state index contributed by atoms with van der Waals surface area (Å²) >= 11 is 0. The fraction of sp³-hybridized carbons (Fsp3) is 0.267. The minimum Gasteiger partial charge on any atom is -0.464 e. The quantitative estimate of drug-likeness (QED) is 0.642. The average Bonchev–Trinajstić information content (AvgIpc) is 2.78. The van der Waals surface area contributed by atoms with Crippen LogP contribution in [-0.2, 0) is 6.42 Å². The van der Waals surface area contributed by atoms with Gasteiger partial charge in [0.1, 0.15) is 11.2 Å². The Morgan fingerprint density at radius 3 is 2.83 bits per heavy atom. The lowest BCUT2D eigenvalue weighted by Gasteiger charge is -2.07. The van der Waals surface area contributed by atoms with Gasteiger partial charge in [-0.25, -0.2) is 4.79 Å². The number of hydrogen-bond acceptors (Lipinski definition) is 3. The molecule has 0 saturated carbocycles. The fourth-order valence-electron chi connectivity index (χ4n) is 2.44. The van der Waals surface area contributed by atoms with Crippen LogP contribution in [0.5, 0.6) is 0 Å². The molecular formula is C15H14O3. The van der Waals surface area contributed by atoms with E-state index in [9.17, 15) is 4.79 Å². The third-order valence-electron chi connectivity index (χ3n) is 3.25. The summed E-state index contributed by atoms with van der Waals surface area (Å²) in [4.78, 5) is 11.5. The van der Waals surface area contributed by atoms with Crippen molar-refractivity contribution in [1.82, 2.24) is 0 Å². The van der Waals surface area contributed by atoms with Crippen molar-refractivity contribution in [2.24, 2.45) is 0 Å². The van der Waals surface area contributed by atoms with Crippen LogP contribution in [0.3, 0.4) is 0 Å². The van der Waals surface area contributed by atoms with Crippen molar-refractivity contribution < 1.29 is 8.83 Å². The molecule has 3 aromatic rings. The van der Waals surface area contributed by atoms with Crippen LogP contribution >= 0.6 is 0 Å². The molecule has 0 aliphatic rings. The second kappa shape index (κ2) is 4.02. The van der Waals surface area contributed by atoms with Gasteiger partial charge >= 0.3 is 5.63 Å². The van der Waals surface area contributed by atoms with Crippen LogP contribution in [0.4, 0.5) is 0 Å². The van der Waals surface area contributed by atoms with Crippen molar-refractivity contribution in [2.75, 3.05) is 0 Å². The van der Waals surface area contributed by atoms with Crippen molar-refractivity contribution in [3.05, 3.63) is 46.0 Å². The third-order valence-corrected chi connectivity index (χ3v) is 3.25. The maximum Gasteiger partial charge on any atom is 0.336 e. The number of hydrogen-bond donors (Lipinski definition) is 0. The Balaban J connectivity index is 2.54. The van der Waals surface area contributed by atoms with E-state index in [1.54, 1.807) is 6.26 Å². The van der Waals surface area contributed by atoms with E-state index in [0.717, 1.165) is 40.3 Å². The van der Waals surface area contributed by atoms with Crippen LogP contribution in [0.25, 0.3) is 21.9 Å². The SMILES string of the molecule is CCCc1c2occc2cc2c(C)cc(=O)oc12. The molecule has 0 amide bonds. The zero-order valence-corrected chi connectivity index (χ0v) is 10.4. The molecule has 0 aliphatic carbocycles. The number of aryl methyl sites for hydroxylation is 2. The van der Waals surface area contributed by atoms with E-state index in [0.29, 0.717) is 5.58 Å². The number of benzene rings is 1. The van der Waals surface area contributed by atoms with E-state index in [4.69, 9.17) is 8.83 Å². The van der Waals surface area contributed by atoms with E-state index >= 15 is 0 Å². The second-order valence-electron chi connectivity index (χ2n) is 4.57. The molecule has 2 aromatic heterocycles. The first kappa shape index (κ1) is 11.1. The highest BCUT2D eigenvalue weighted by Gasteiger charge is 2.13. The van der Waals surface area contributed by atoms with Crippen molar-refractivity contribution in [1.29, 1.82) is 0 Å². The largest absolute Gasteiger partial charge is 0.464 e. The van der Waals surface area contributed by atoms with Gasteiger partial charge in [0.2, 0.25) is 0 Å². The molecule has 0 fully saturated rings. The number of furan rings is 1. The maximum atomic E-state index is 11.5. The molecule has 0 aliphatic heterocycles. The lowest BCUT2D eigenvalue weighted by atomic mass is 10.0. The molecule has 2 heterocycles.